The molecule has 0 bridgehead atoms. The van der Waals surface area contributed by atoms with Gasteiger partial charge in [-0.25, -0.2) is 4.98 Å². The van der Waals surface area contributed by atoms with Gasteiger partial charge in [0, 0.05) is 31.6 Å². The van der Waals surface area contributed by atoms with E-state index in [9.17, 15) is 4.79 Å². The van der Waals surface area contributed by atoms with E-state index in [4.69, 9.17) is 14.2 Å². The number of hydrogen-bond acceptors (Lipinski definition) is 5. The van der Waals surface area contributed by atoms with Crippen molar-refractivity contribution in [1.29, 1.82) is 0 Å². The van der Waals surface area contributed by atoms with Crippen LogP contribution in [-0.2, 0) is 7.05 Å². The van der Waals surface area contributed by atoms with E-state index in [1.165, 1.54) is 21.3 Å². The molecular weight excluding hydrogens is 322 g/mol. The number of nitrogens with zero attached hydrogens (tertiary/aromatic N) is 2. The van der Waals surface area contributed by atoms with E-state index >= 15 is 0 Å². The molecule has 0 saturated carbocycles. The van der Waals surface area contributed by atoms with Crippen LogP contribution in [0.4, 0.5) is 0 Å². The maximum Gasteiger partial charge on any atom is 0.255 e. The van der Waals surface area contributed by atoms with E-state index in [1.807, 2.05) is 31.7 Å². The maximum absolute atomic E-state index is 12.9. The van der Waals surface area contributed by atoms with Crippen molar-refractivity contribution >= 4 is 5.91 Å². The highest BCUT2D eigenvalue weighted by Crippen LogP contribution is 2.35. The van der Waals surface area contributed by atoms with Crippen molar-refractivity contribution in [3.8, 4) is 17.2 Å². The number of rotatable bonds is 7. The van der Waals surface area contributed by atoms with Crippen molar-refractivity contribution in [3.05, 3.63) is 35.9 Å². The third-order valence-electron chi connectivity index (χ3n) is 4.04. The zero-order valence-electron chi connectivity index (χ0n) is 15.5. The highest BCUT2D eigenvalue weighted by atomic mass is 16.5. The monoisotopic (exact) mass is 347 g/mol. The molecule has 0 aliphatic heterocycles. The average Bonchev–Trinajstić information content (AvgIpc) is 3.03. The molecule has 25 heavy (non-hydrogen) atoms. The first kappa shape index (κ1) is 18.6. The number of nitrogens with one attached hydrogen (secondary N) is 1. The number of hydrogen-bond donors (Lipinski definition) is 1. The van der Waals surface area contributed by atoms with E-state index in [0.29, 0.717) is 22.8 Å². The van der Waals surface area contributed by atoms with Crippen LogP contribution < -0.4 is 19.5 Å². The Labute approximate surface area is 147 Å². The molecule has 1 unspecified atom stereocenters. The molecule has 7 nitrogen and oxygen atoms in total. The number of carbonyl (C=O) groups is 1. The normalized spacial score (nSPS) is 12.0. The molecule has 1 heterocycles. The second-order valence-corrected chi connectivity index (χ2v) is 6.00. The van der Waals surface area contributed by atoms with Gasteiger partial charge in [-0.1, -0.05) is 13.8 Å². The second kappa shape index (κ2) is 7.92. The van der Waals surface area contributed by atoms with E-state index in [-0.39, 0.29) is 17.9 Å². The summed E-state index contributed by atoms with van der Waals surface area (Å²) in [5.41, 5.74) is 0.375. The summed E-state index contributed by atoms with van der Waals surface area (Å²) in [5.74, 6) is 2.07. The number of benzene rings is 1. The minimum atomic E-state index is -0.264. The number of aromatic nitrogens is 2. The van der Waals surface area contributed by atoms with Gasteiger partial charge in [0.25, 0.3) is 5.91 Å². The van der Waals surface area contributed by atoms with Gasteiger partial charge in [0.2, 0.25) is 0 Å². The van der Waals surface area contributed by atoms with Crippen LogP contribution in [-0.4, -0.2) is 36.8 Å². The van der Waals surface area contributed by atoms with Crippen molar-refractivity contribution in [2.45, 2.75) is 19.9 Å². The molecule has 0 aliphatic rings. The Hall–Kier alpha value is -2.70. The molecule has 7 heteroatoms. The minimum absolute atomic E-state index is 0.163. The van der Waals surface area contributed by atoms with Crippen LogP contribution in [0.25, 0.3) is 0 Å². The molecule has 0 fully saturated rings. The van der Waals surface area contributed by atoms with Gasteiger partial charge in [-0.2, -0.15) is 0 Å². The van der Waals surface area contributed by atoms with Gasteiger partial charge < -0.3 is 24.1 Å². The van der Waals surface area contributed by atoms with Crippen molar-refractivity contribution in [3.63, 3.8) is 0 Å². The van der Waals surface area contributed by atoms with E-state index in [2.05, 4.69) is 10.3 Å². The summed E-state index contributed by atoms with van der Waals surface area (Å²) in [6.07, 6.45) is 3.57. The fourth-order valence-corrected chi connectivity index (χ4v) is 2.63. The van der Waals surface area contributed by atoms with Crippen LogP contribution >= 0.6 is 0 Å². The largest absolute Gasteiger partial charge is 0.496 e. The first-order valence-electron chi connectivity index (χ1n) is 8.01. The highest BCUT2D eigenvalue weighted by molar-refractivity contribution is 5.98. The number of amides is 1. The topological polar surface area (TPSA) is 74.6 Å². The molecule has 2 rings (SSSR count). The fourth-order valence-electron chi connectivity index (χ4n) is 2.63. The van der Waals surface area contributed by atoms with E-state index in [0.717, 1.165) is 5.82 Å². The first-order valence-corrected chi connectivity index (χ1v) is 8.01. The lowest BCUT2D eigenvalue weighted by atomic mass is 10.0. The second-order valence-electron chi connectivity index (χ2n) is 6.00. The summed E-state index contributed by atoms with van der Waals surface area (Å²) in [6.45, 7) is 4.07. The molecule has 1 atom stereocenters. The summed E-state index contributed by atoms with van der Waals surface area (Å²) in [6, 6.07) is 3.02. The zero-order chi connectivity index (χ0) is 18.6. The lowest BCUT2D eigenvalue weighted by Crippen LogP contribution is -2.33. The van der Waals surface area contributed by atoms with Crippen LogP contribution in [0.1, 0.15) is 36.1 Å². The average molecular weight is 347 g/mol. The summed E-state index contributed by atoms with van der Waals surface area (Å²) < 4.78 is 17.8. The molecular formula is C18H25N3O4. The molecule has 1 aromatic carbocycles. The van der Waals surface area contributed by atoms with E-state index in [1.54, 1.807) is 18.3 Å². The Bertz CT molecular complexity index is 740. The Morgan fingerprint density at radius 3 is 2.16 bits per heavy atom. The number of carbonyl (C=O) groups excluding carboxylic acids is 1. The molecule has 1 aromatic heterocycles. The summed E-state index contributed by atoms with van der Waals surface area (Å²) in [4.78, 5) is 17.2. The third kappa shape index (κ3) is 3.87. The maximum atomic E-state index is 12.9. The summed E-state index contributed by atoms with van der Waals surface area (Å²) in [5, 5.41) is 3.04. The minimum Gasteiger partial charge on any atom is -0.496 e. The van der Waals surface area contributed by atoms with Gasteiger partial charge >= 0.3 is 0 Å². The van der Waals surface area contributed by atoms with Gasteiger partial charge in [-0.3, -0.25) is 4.79 Å². The lowest BCUT2D eigenvalue weighted by Gasteiger charge is -2.23. The Morgan fingerprint density at radius 2 is 1.68 bits per heavy atom. The molecule has 136 valence electrons. The predicted molar refractivity (Wildman–Crippen MR) is 94.4 cm³/mol. The fraction of sp³-hybridized carbons (Fsp3) is 0.444. The molecule has 1 amide bonds. The lowest BCUT2D eigenvalue weighted by molar-refractivity contribution is 0.0919. The molecule has 0 aliphatic carbocycles. The first-order chi connectivity index (χ1) is 11.9. The van der Waals surface area contributed by atoms with Gasteiger partial charge in [0.05, 0.1) is 32.9 Å². The van der Waals surface area contributed by atoms with Crippen LogP contribution in [0.3, 0.4) is 0 Å². The summed E-state index contributed by atoms with van der Waals surface area (Å²) in [7, 11) is 6.47. The Kier molecular flexibility index (Phi) is 5.90. The number of ether oxygens (including phenoxy) is 3. The van der Waals surface area contributed by atoms with Crippen LogP contribution in [0.15, 0.2) is 24.5 Å². The Balaban J connectivity index is 2.37. The van der Waals surface area contributed by atoms with Crippen LogP contribution in [0, 0.1) is 5.92 Å². The van der Waals surface area contributed by atoms with Crippen molar-refractivity contribution in [2.24, 2.45) is 13.0 Å². The van der Waals surface area contributed by atoms with Gasteiger partial charge in [-0.05, 0) is 5.92 Å². The number of imidazole rings is 1. The number of methoxy groups -OCH3 is 3. The van der Waals surface area contributed by atoms with Crippen molar-refractivity contribution < 1.29 is 19.0 Å². The standard InChI is InChI=1S/C18H25N3O4/c1-11(2)16(17-19-7-8-21(17)3)20-18(22)12-9-14(24-5)15(25-6)10-13(12)23-4/h7-11,16H,1-6H3,(H,20,22). The zero-order valence-corrected chi connectivity index (χ0v) is 15.5. The predicted octanol–water partition coefficient (Wildman–Crippen LogP) is 2.57. The van der Waals surface area contributed by atoms with Crippen LogP contribution in [0.5, 0.6) is 17.2 Å². The van der Waals surface area contributed by atoms with Crippen LogP contribution in [0.2, 0.25) is 0 Å². The molecule has 0 radical (unpaired) electrons. The molecule has 1 N–H and O–H groups in total. The smallest absolute Gasteiger partial charge is 0.255 e. The third-order valence-corrected chi connectivity index (χ3v) is 4.04. The van der Waals surface area contributed by atoms with Gasteiger partial charge in [-0.15, -0.1) is 0 Å². The van der Waals surface area contributed by atoms with E-state index < -0.39 is 0 Å². The molecule has 0 saturated heterocycles. The van der Waals surface area contributed by atoms with Crippen molar-refractivity contribution in [1.82, 2.24) is 14.9 Å². The summed E-state index contributed by atoms with van der Waals surface area (Å²) >= 11 is 0. The quantitative estimate of drug-likeness (QED) is 0.833. The van der Waals surface area contributed by atoms with Crippen molar-refractivity contribution in [2.75, 3.05) is 21.3 Å². The molecule has 2 aromatic rings. The SMILES string of the molecule is COc1cc(OC)c(C(=O)NC(c2nccn2C)C(C)C)cc1OC. The highest BCUT2D eigenvalue weighted by Gasteiger charge is 2.25. The Morgan fingerprint density at radius 1 is 1.08 bits per heavy atom. The van der Waals surface area contributed by atoms with Gasteiger partial charge in [0.15, 0.2) is 11.5 Å². The molecule has 0 spiro atoms. The number of aryl methyl sites for hydroxylation is 1. The van der Waals surface area contributed by atoms with Gasteiger partial charge in [0.1, 0.15) is 11.6 Å².